The zero-order valence-corrected chi connectivity index (χ0v) is 15.3. The van der Waals surface area contributed by atoms with Crippen LogP contribution in [0.1, 0.15) is 57.9 Å². The number of rotatable bonds is 8. The smallest absolute Gasteiger partial charge is 0.322 e. The number of fused-ring (bicyclic) bond motifs is 1. The molecule has 1 aliphatic heterocycles. The maximum Gasteiger partial charge on any atom is 0.346 e. The summed E-state index contributed by atoms with van der Waals surface area (Å²) in [5.74, 6) is -0.295. The number of carbonyl (C=O) groups is 2. The summed E-state index contributed by atoms with van der Waals surface area (Å²) in [7, 11) is 0. The number of nitrogens with zero attached hydrogens (tertiary/aromatic N) is 3. The molecule has 1 atom stereocenters. The standard InChI is InChI=1S/C19H25N5O2/c1-3-4-5-6-7-10-19(2)17(25)24(18(26)22-19)21-12-14-8-9-15-13-20-23-16(15)11-14/h8-9,11-13H,3-7,10H2,1-2H3,(H,20,23)(H,22,26)/b21-12+. The number of amides is 3. The number of hydrogen-bond acceptors (Lipinski definition) is 4. The molecule has 7 heteroatoms. The van der Waals surface area contributed by atoms with E-state index in [1.54, 1.807) is 13.1 Å². The molecule has 2 heterocycles. The molecule has 1 fully saturated rings. The summed E-state index contributed by atoms with van der Waals surface area (Å²) >= 11 is 0. The van der Waals surface area contributed by atoms with Crippen LogP contribution in [0, 0.1) is 0 Å². The van der Waals surface area contributed by atoms with Gasteiger partial charge in [-0.3, -0.25) is 9.89 Å². The van der Waals surface area contributed by atoms with Gasteiger partial charge in [-0.05, 0) is 25.0 Å². The van der Waals surface area contributed by atoms with Crippen molar-refractivity contribution < 1.29 is 9.59 Å². The Kier molecular flexibility index (Phi) is 5.35. The molecule has 7 nitrogen and oxygen atoms in total. The van der Waals surface area contributed by atoms with Crippen molar-refractivity contribution in [2.75, 3.05) is 0 Å². The number of unbranched alkanes of at least 4 members (excludes halogenated alkanes) is 4. The van der Waals surface area contributed by atoms with Crippen molar-refractivity contribution >= 4 is 29.1 Å². The normalized spacial score (nSPS) is 20.5. The van der Waals surface area contributed by atoms with Gasteiger partial charge in [-0.15, -0.1) is 5.01 Å². The number of carbonyl (C=O) groups excluding carboxylic acids is 2. The molecule has 1 aromatic carbocycles. The minimum Gasteiger partial charge on any atom is -0.322 e. The molecule has 2 N–H and O–H groups in total. The Morgan fingerprint density at radius 1 is 1.23 bits per heavy atom. The van der Waals surface area contributed by atoms with E-state index < -0.39 is 11.6 Å². The van der Waals surface area contributed by atoms with E-state index in [0.717, 1.165) is 40.7 Å². The predicted octanol–water partition coefficient (Wildman–Crippen LogP) is 3.57. The fraction of sp³-hybridized carbons (Fsp3) is 0.474. The van der Waals surface area contributed by atoms with Crippen LogP contribution in [0.25, 0.3) is 10.9 Å². The van der Waals surface area contributed by atoms with Gasteiger partial charge in [-0.25, -0.2) is 4.79 Å². The van der Waals surface area contributed by atoms with E-state index in [-0.39, 0.29) is 5.91 Å². The minimum atomic E-state index is -0.867. The summed E-state index contributed by atoms with van der Waals surface area (Å²) in [5, 5.41) is 15.7. The van der Waals surface area contributed by atoms with Crippen molar-refractivity contribution in [1.82, 2.24) is 20.5 Å². The molecule has 138 valence electrons. The van der Waals surface area contributed by atoms with Crippen molar-refractivity contribution in [1.29, 1.82) is 0 Å². The zero-order valence-electron chi connectivity index (χ0n) is 15.3. The number of imide groups is 1. The van der Waals surface area contributed by atoms with E-state index in [4.69, 9.17) is 0 Å². The Balaban J connectivity index is 1.64. The quantitative estimate of drug-likeness (QED) is 0.431. The van der Waals surface area contributed by atoms with Crippen molar-refractivity contribution in [3.63, 3.8) is 0 Å². The largest absolute Gasteiger partial charge is 0.346 e. The summed E-state index contributed by atoms with van der Waals surface area (Å²) in [6.07, 6.45) is 9.41. The SMILES string of the molecule is CCCCCCCC1(C)NC(=O)N(/N=C/c2ccc3cn[nH]c3c2)C1=O. The lowest BCUT2D eigenvalue weighted by Crippen LogP contribution is -2.43. The van der Waals surface area contributed by atoms with Crippen molar-refractivity contribution in [3.8, 4) is 0 Å². The van der Waals surface area contributed by atoms with Crippen LogP contribution in [0.3, 0.4) is 0 Å². The number of H-pyrrole nitrogens is 1. The number of aromatic amines is 1. The fourth-order valence-corrected chi connectivity index (χ4v) is 3.18. The van der Waals surface area contributed by atoms with E-state index in [2.05, 4.69) is 27.5 Å². The van der Waals surface area contributed by atoms with Gasteiger partial charge >= 0.3 is 6.03 Å². The van der Waals surface area contributed by atoms with Crippen LogP contribution in [0.15, 0.2) is 29.5 Å². The lowest BCUT2D eigenvalue weighted by Gasteiger charge is -2.20. The second-order valence-electron chi connectivity index (χ2n) is 7.00. The highest BCUT2D eigenvalue weighted by atomic mass is 16.2. The van der Waals surface area contributed by atoms with E-state index in [1.807, 2.05) is 18.2 Å². The third-order valence-corrected chi connectivity index (χ3v) is 4.81. The van der Waals surface area contributed by atoms with Crippen LogP contribution in [0.4, 0.5) is 4.79 Å². The first kappa shape index (κ1) is 18.1. The highest BCUT2D eigenvalue weighted by molar-refractivity contribution is 6.07. The number of aromatic nitrogens is 2. The highest BCUT2D eigenvalue weighted by Crippen LogP contribution is 2.24. The lowest BCUT2D eigenvalue weighted by atomic mass is 9.94. The Labute approximate surface area is 152 Å². The Bertz CT molecular complexity index is 828. The summed E-state index contributed by atoms with van der Waals surface area (Å²) in [6, 6.07) is 5.18. The third kappa shape index (κ3) is 3.76. The van der Waals surface area contributed by atoms with E-state index in [9.17, 15) is 9.59 Å². The summed E-state index contributed by atoms with van der Waals surface area (Å²) in [4.78, 5) is 24.9. The van der Waals surface area contributed by atoms with Crippen LogP contribution < -0.4 is 5.32 Å². The van der Waals surface area contributed by atoms with Gasteiger partial charge in [-0.2, -0.15) is 10.2 Å². The topological polar surface area (TPSA) is 90.4 Å². The van der Waals surface area contributed by atoms with Gasteiger partial charge in [-0.1, -0.05) is 51.2 Å². The van der Waals surface area contributed by atoms with Crippen molar-refractivity contribution in [2.24, 2.45) is 5.10 Å². The highest BCUT2D eigenvalue weighted by Gasteiger charge is 2.47. The van der Waals surface area contributed by atoms with Crippen LogP contribution in [0.5, 0.6) is 0 Å². The summed E-state index contributed by atoms with van der Waals surface area (Å²) in [5.41, 5.74) is 0.798. The van der Waals surface area contributed by atoms with Crippen LogP contribution in [-0.2, 0) is 4.79 Å². The van der Waals surface area contributed by atoms with Gasteiger partial charge in [0.25, 0.3) is 5.91 Å². The number of benzene rings is 1. The van der Waals surface area contributed by atoms with Crippen LogP contribution in [0.2, 0.25) is 0 Å². The molecule has 0 radical (unpaired) electrons. The maximum atomic E-state index is 12.7. The lowest BCUT2D eigenvalue weighted by molar-refractivity contribution is -0.131. The Morgan fingerprint density at radius 2 is 2.04 bits per heavy atom. The molecule has 1 aromatic heterocycles. The van der Waals surface area contributed by atoms with Crippen LogP contribution >= 0.6 is 0 Å². The first-order valence-electron chi connectivity index (χ1n) is 9.17. The predicted molar refractivity (Wildman–Crippen MR) is 101 cm³/mol. The molecule has 1 aliphatic rings. The molecule has 1 saturated heterocycles. The minimum absolute atomic E-state index is 0.295. The average molecular weight is 355 g/mol. The van der Waals surface area contributed by atoms with Gasteiger partial charge in [0.05, 0.1) is 17.9 Å². The van der Waals surface area contributed by atoms with E-state index in [1.165, 1.54) is 19.1 Å². The van der Waals surface area contributed by atoms with E-state index in [0.29, 0.717) is 6.42 Å². The molecular weight excluding hydrogens is 330 g/mol. The van der Waals surface area contributed by atoms with Gasteiger partial charge in [0.2, 0.25) is 0 Å². The number of hydrogen-bond donors (Lipinski definition) is 2. The molecular formula is C19H25N5O2. The Hall–Kier alpha value is -2.70. The second kappa shape index (κ2) is 7.68. The van der Waals surface area contributed by atoms with E-state index >= 15 is 0 Å². The number of nitrogens with one attached hydrogen (secondary N) is 2. The molecule has 26 heavy (non-hydrogen) atoms. The van der Waals surface area contributed by atoms with Gasteiger partial charge in [0.1, 0.15) is 5.54 Å². The zero-order chi connectivity index (χ0) is 18.6. The molecule has 0 saturated carbocycles. The van der Waals surface area contributed by atoms with Gasteiger partial charge < -0.3 is 5.32 Å². The Morgan fingerprint density at radius 3 is 2.85 bits per heavy atom. The van der Waals surface area contributed by atoms with Crippen LogP contribution in [-0.4, -0.2) is 38.9 Å². The summed E-state index contributed by atoms with van der Waals surface area (Å²) < 4.78 is 0. The molecule has 0 aliphatic carbocycles. The maximum absolute atomic E-state index is 12.7. The summed E-state index contributed by atoms with van der Waals surface area (Å²) in [6.45, 7) is 3.95. The first-order chi connectivity index (χ1) is 12.5. The molecule has 1 unspecified atom stereocenters. The second-order valence-corrected chi connectivity index (χ2v) is 7.00. The molecule has 3 amide bonds. The monoisotopic (exact) mass is 355 g/mol. The number of urea groups is 1. The molecule has 2 aromatic rings. The molecule has 0 bridgehead atoms. The fourth-order valence-electron chi connectivity index (χ4n) is 3.18. The number of hydrazone groups is 1. The van der Waals surface area contributed by atoms with Crippen molar-refractivity contribution in [3.05, 3.63) is 30.0 Å². The van der Waals surface area contributed by atoms with Gasteiger partial charge in [0, 0.05) is 5.39 Å². The average Bonchev–Trinajstić information content (AvgIpc) is 3.16. The molecule has 3 rings (SSSR count). The van der Waals surface area contributed by atoms with Gasteiger partial charge in [0.15, 0.2) is 0 Å². The third-order valence-electron chi connectivity index (χ3n) is 4.81. The first-order valence-corrected chi connectivity index (χ1v) is 9.17. The van der Waals surface area contributed by atoms with Crippen molar-refractivity contribution in [2.45, 2.75) is 57.9 Å². The molecule has 0 spiro atoms.